The Balaban J connectivity index is 0.00000161. The van der Waals surface area contributed by atoms with Crippen LogP contribution in [-0.4, -0.2) is 31.1 Å². The lowest BCUT2D eigenvalue weighted by Crippen LogP contribution is -2.37. The molecule has 2 unspecified atom stereocenters. The number of hydrogen-bond donors (Lipinski definition) is 1. The first-order valence-electron chi connectivity index (χ1n) is 8.09. The molecule has 0 bridgehead atoms. The molecule has 1 aromatic rings. The summed E-state index contributed by atoms with van der Waals surface area (Å²) < 4.78 is 0. The predicted octanol–water partition coefficient (Wildman–Crippen LogP) is 3.86. The van der Waals surface area contributed by atoms with Gasteiger partial charge in [0.15, 0.2) is 0 Å². The first-order valence-corrected chi connectivity index (χ1v) is 8.09. The molecule has 21 heavy (non-hydrogen) atoms. The van der Waals surface area contributed by atoms with E-state index >= 15 is 0 Å². The zero-order valence-electron chi connectivity index (χ0n) is 13.6. The predicted molar refractivity (Wildman–Crippen MR) is 92.3 cm³/mol. The number of nitrogens with zero attached hydrogens (tertiary/aromatic N) is 1. The molecule has 0 aromatic heterocycles. The quantitative estimate of drug-likeness (QED) is 0.912. The van der Waals surface area contributed by atoms with E-state index in [4.69, 9.17) is 0 Å². The first kappa shape index (κ1) is 16.8. The second-order valence-electron chi connectivity index (χ2n) is 7.23. The van der Waals surface area contributed by atoms with E-state index < -0.39 is 0 Å². The van der Waals surface area contributed by atoms with E-state index in [9.17, 15) is 0 Å². The van der Waals surface area contributed by atoms with Crippen molar-refractivity contribution in [2.24, 2.45) is 5.41 Å². The molecule has 1 N–H and O–H groups in total. The maximum atomic E-state index is 3.54. The van der Waals surface area contributed by atoms with Crippen molar-refractivity contribution in [2.75, 3.05) is 26.2 Å². The Labute approximate surface area is 135 Å². The molecular weight excluding hydrogens is 280 g/mol. The van der Waals surface area contributed by atoms with Gasteiger partial charge in [-0.15, -0.1) is 12.4 Å². The summed E-state index contributed by atoms with van der Waals surface area (Å²) in [6, 6.07) is 7.58. The Morgan fingerprint density at radius 1 is 1.33 bits per heavy atom. The molecule has 0 amide bonds. The van der Waals surface area contributed by atoms with Gasteiger partial charge in [0.1, 0.15) is 0 Å². The van der Waals surface area contributed by atoms with E-state index in [2.05, 4.69) is 49.2 Å². The van der Waals surface area contributed by atoms with Crippen molar-refractivity contribution in [1.29, 1.82) is 0 Å². The minimum absolute atomic E-state index is 0. The summed E-state index contributed by atoms with van der Waals surface area (Å²) in [6.45, 7) is 11.8. The Hall–Kier alpha value is -0.570. The number of halogens is 1. The number of aryl methyl sites for hydroxylation is 2. The molecule has 2 saturated heterocycles. The molecule has 2 atom stereocenters. The van der Waals surface area contributed by atoms with Gasteiger partial charge in [-0.25, -0.2) is 0 Å². The summed E-state index contributed by atoms with van der Waals surface area (Å²) in [7, 11) is 0. The molecule has 0 radical (unpaired) electrons. The highest BCUT2D eigenvalue weighted by molar-refractivity contribution is 5.85. The van der Waals surface area contributed by atoms with E-state index in [0.29, 0.717) is 11.5 Å². The van der Waals surface area contributed by atoms with Gasteiger partial charge in [-0.2, -0.15) is 0 Å². The van der Waals surface area contributed by atoms with E-state index in [1.807, 2.05) is 0 Å². The van der Waals surface area contributed by atoms with E-state index in [1.54, 1.807) is 5.56 Å². The van der Waals surface area contributed by atoms with Crippen LogP contribution in [0.25, 0.3) is 0 Å². The normalized spacial score (nSPS) is 29.6. The van der Waals surface area contributed by atoms with Crippen molar-refractivity contribution in [1.82, 2.24) is 10.2 Å². The third kappa shape index (κ3) is 3.61. The molecular formula is C18H29ClN2. The fraction of sp³-hybridized carbons (Fsp3) is 0.667. The monoisotopic (exact) mass is 308 g/mol. The topological polar surface area (TPSA) is 15.3 Å². The number of rotatable bonds is 3. The lowest BCUT2D eigenvalue weighted by atomic mass is 9.88. The average molecular weight is 309 g/mol. The van der Waals surface area contributed by atoms with Crippen molar-refractivity contribution in [3.8, 4) is 0 Å². The fourth-order valence-corrected chi connectivity index (χ4v) is 3.98. The van der Waals surface area contributed by atoms with Gasteiger partial charge in [0, 0.05) is 19.1 Å². The number of hydrogen-bond acceptors (Lipinski definition) is 2. The fourth-order valence-electron chi connectivity index (χ4n) is 3.98. The molecule has 2 aliphatic heterocycles. The minimum atomic E-state index is 0. The third-order valence-corrected chi connectivity index (χ3v) is 5.20. The lowest BCUT2D eigenvalue weighted by molar-refractivity contribution is 0.165. The van der Waals surface area contributed by atoms with Crippen LogP contribution in [0.15, 0.2) is 18.2 Å². The van der Waals surface area contributed by atoms with Crippen LogP contribution < -0.4 is 5.32 Å². The van der Waals surface area contributed by atoms with Crippen LogP contribution >= 0.6 is 12.4 Å². The maximum Gasteiger partial charge on any atom is 0.0351 e. The summed E-state index contributed by atoms with van der Waals surface area (Å²) in [4.78, 5) is 2.74. The molecule has 3 heteroatoms. The molecule has 2 aliphatic rings. The SMILES string of the molecule is Cc1ccc(C)c(C2CCCN2CC2(C)CCNC2)c1.Cl. The van der Waals surface area contributed by atoms with Crippen LogP contribution in [0.5, 0.6) is 0 Å². The van der Waals surface area contributed by atoms with Crippen molar-refractivity contribution >= 4 is 12.4 Å². The van der Waals surface area contributed by atoms with Gasteiger partial charge in [-0.1, -0.05) is 30.7 Å². The Kier molecular flexibility index (Phi) is 5.34. The second-order valence-corrected chi connectivity index (χ2v) is 7.23. The zero-order chi connectivity index (χ0) is 14.2. The summed E-state index contributed by atoms with van der Waals surface area (Å²) in [6.07, 6.45) is 4.00. The lowest BCUT2D eigenvalue weighted by Gasteiger charge is -2.34. The Morgan fingerprint density at radius 2 is 2.14 bits per heavy atom. The van der Waals surface area contributed by atoms with Crippen LogP contribution in [0.4, 0.5) is 0 Å². The molecule has 0 spiro atoms. The van der Waals surface area contributed by atoms with Crippen molar-refractivity contribution < 1.29 is 0 Å². The van der Waals surface area contributed by atoms with E-state index in [0.717, 1.165) is 0 Å². The van der Waals surface area contributed by atoms with Gasteiger partial charge in [0.25, 0.3) is 0 Å². The van der Waals surface area contributed by atoms with E-state index in [1.165, 1.54) is 56.6 Å². The van der Waals surface area contributed by atoms with Gasteiger partial charge in [0.2, 0.25) is 0 Å². The standard InChI is InChI=1S/C18H28N2.ClH/c1-14-6-7-15(2)16(11-14)17-5-4-10-20(17)13-18(3)8-9-19-12-18;/h6-7,11,17,19H,4-5,8-10,12-13H2,1-3H3;1H. The van der Waals surface area contributed by atoms with Crippen LogP contribution in [0.3, 0.4) is 0 Å². The van der Waals surface area contributed by atoms with Crippen LogP contribution in [0.2, 0.25) is 0 Å². The smallest absolute Gasteiger partial charge is 0.0351 e. The highest BCUT2D eigenvalue weighted by Gasteiger charge is 2.35. The van der Waals surface area contributed by atoms with Gasteiger partial charge in [-0.3, -0.25) is 4.90 Å². The number of benzene rings is 1. The molecule has 0 aliphatic carbocycles. The molecule has 1 aromatic carbocycles. The van der Waals surface area contributed by atoms with Crippen LogP contribution in [-0.2, 0) is 0 Å². The largest absolute Gasteiger partial charge is 0.316 e. The highest BCUT2D eigenvalue weighted by Crippen LogP contribution is 2.37. The minimum Gasteiger partial charge on any atom is -0.316 e. The third-order valence-electron chi connectivity index (χ3n) is 5.20. The number of likely N-dealkylation sites (tertiary alicyclic amines) is 1. The summed E-state index contributed by atoms with van der Waals surface area (Å²) in [5.41, 5.74) is 4.89. The summed E-state index contributed by atoms with van der Waals surface area (Å²) in [5, 5.41) is 3.54. The van der Waals surface area contributed by atoms with Gasteiger partial charge >= 0.3 is 0 Å². The van der Waals surface area contributed by atoms with E-state index in [-0.39, 0.29) is 12.4 Å². The number of nitrogens with one attached hydrogen (secondary N) is 1. The molecule has 0 saturated carbocycles. The van der Waals surface area contributed by atoms with Crippen molar-refractivity contribution in [3.63, 3.8) is 0 Å². The van der Waals surface area contributed by atoms with Gasteiger partial charge < -0.3 is 5.32 Å². The Morgan fingerprint density at radius 3 is 2.86 bits per heavy atom. The molecule has 2 heterocycles. The van der Waals surface area contributed by atoms with Crippen molar-refractivity contribution in [2.45, 2.75) is 46.1 Å². The molecule has 118 valence electrons. The maximum absolute atomic E-state index is 3.54. The first-order chi connectivity index (χ1) is 9.57. The van der Waals surface area contributed by atoms with Crippen molar-refractivity contribution in [3.05, 3.63) is 34.9 Å². The summed E-state index contributed by atoms with van der Waals surface area (Å²) >= 11 is 0. The second kappa shape index (κ2) is 6.68. The average Bonchev–Trinajstić information content (AvgIpc) is 3.02. The molecule has 2 fully saturated rings. The molecule has 2 nitrogen and oxygen atoms in total. The van der Waals surface area contributed by atoms with Crippen LogP contribution in [0.1, 0.15) is 48.9 Å². The highest BCUT2D eigenvalue weighted by atomic mass is 35.5. The van der Waals surface area contributed by atoms with Gasteiger partial charge in [0.05, 0.1) is 0 Å². The van der Waals surface area contributed by atoms with Crippen LogP contribution in [0, 0.1) is 19.3 Å². The zero-order valence-corrected chi connectivity index (χ0v) is 14.4. The summed E-state index contributed by atoms with van der Waals surface area (Å²) in [5.74, 6) is 0. The van der Waals surface area contributed by atoms with Gasteiger partial charge in [-0.05, 0) is 62.7 Å². The Bertz CT molecular complexity index is 480. The molecule has 3 rings (SSSR count).